The summed E-state index contributed by atoms with van der Waals surface area (Å²) < 4.78 is 125. The van der Waals surface area contributed by atoms with Crippen molar-refractivity contribution in [3.63, 3.8) is 0 Å². The van der Waals surface area contributed by atoms with Crippen LogP contribution in [-0.4, -0.2) is 96.6 Å². The molecule has 0 aliphatic carbocycles. The molecule has 1 amide bonds. The maximum atomic E-state index is 13.1. The van der Waals surface area contributed by atoms with Crippen molar-refractivity contribution in [1.29, 1.82) is 0 Å². The van der Waals surface area contributed by atoms with Gasteiger partial charge in [0.25, 0.3) is 5.91 Å². The smallest absolute Gasteiger partial charge is 0.477 e. The summed E-state index contributed by atoms with van der Waals surface area (Å²) in [5, 5.41) is 18.2. The molecule has 0 aromatic carbocycles. The largest absolute Gasteiger partial charge is 0.512 e. The summed E-state index contributed by atoms with van der Waals surface area (Å²) in [7, 11) is -13.0. The van der Waals surface area contributed by atoms with Crippen LogP contribution in [0.3, 0.4) is 0 Å². The van der Waals surface area contributed by atoms with Crippen LogP contribution in [0.25, 0.3) is 0 Å². The fourth-order valence-electron chi connectivity index (χ4n) is 2.96. The Morgan fingerprint density at radius 2 is 1.71 bits per heavy atom. The Hall–Kier alpha value is -2.11. The van der Waals surface area contributed by atoms with Gasteiger partial charge in [0.05, 0.1) is 0 Å². The predicted octanol–water partition coefficient (Wildman–Crippen LogP) is -0.0742. The van der Waals surface area contributed by atoms with Gasteiger partial charge in [-0.15, -0.1) is 16.9 Å². The van der Waals surface area contributed by atoms with E-state index in [1.54, 1.807) is 0 Å². The number of tetrazole rings is 1. The maximum absolute atomic E-state index is 13.1. The van der Waals surface area contributed by atoms with Crippen LogP contribution < -0.4 is 0 Å². The monoisotopic (exact) mass is 592 g/mol. The highest BCUT2D eigenvalue weighted by Gasteiger charge is 2.70. The van der Waals surface area contributed by atoms with Crippen LogP contribution in [0.4, 0.5) is 26.3 Å². The molecule has 1 saturated heterocycles. The number of amides is 1. The zero-order valence-corrected chi connectivity index (χ0v) is 19.8. The first kappa shape index (κ1) is 27.5. The van der Waals surface area contributed by atoms with Crippen LogP contribution >= 0.6 is 23.5 Å². The van der Waals surface area contributed by atoms with Crippen LogP contribution in [0.5, 0.6) is 0 Å². The minimum atomic E-state index is -7.25. The fourth-order valence-corrected chi connectivity index (χ4v) is 8.45. The lowest BCUT2D eigenvalue weighted by Crippen LogP contribution is -2.73. The van der Waals surface area contributed by atoms with Crippen LogP contribution in [0.2, 0.25) is 0 Å². The van der Waals surface area contributed by atoms with E-state index < -0.39 is 69.5 Å². The average molecular weight is 593 g/mol. The fraction of sp³-hybridized carbons (Fsp3) is 0.583. The van der Waals surface area contributed by atoms with E-state index >= 15 is 0 Å². The SMILES string of the molecule is Cn1nnnc1SCC1=C(C(=O)O)N2C(=O)C(N(S(=O)(=O)C(F)(F)F)S(=O)(=O)C(F)(F)F)[C@@H]2SC1. The van der Waals surface area contributed by atoms with E-state index in [1.807, 2.05) is 0 Å². The van der Waals surface area contributed by atoms with Gasteiger partial charge in [0.1, 0.15) is 11.1 Å². The van der Waals surface area contributed by atoms with E-state index in [-0.39, 0.29) is 21.4 Å². The number of halogens is 6. The molecular formula is C12H10F6N6O7S4. The third-order valence-corrected chi connectivity index (χ3v) is 10.6. The second-order valence-electron chi connectivity index (χ2n) is 6.61. The molecule has 0 bridgehead atoms. The molecule has 13 nitrogen and oxygen atoms in total. The number of carbonyl (C=O) groups is 2. The van der Waals surface area contributed by atoms with Gasteiger partial charge in [0, 0.05) is 18.6 Å². The number of thioether (sulfide) groups is 2. The number of hydrogen-bond acceptors (Lipinski definition) is 11. The van der Waals surface area contributed by atoms with Crippen LogP contribution in [0.1, 0.15) is 0 Å². The zero-order chi connectivity index (χ0) is 26.7. The number of alkyl halides is 6. The summed E-state index contributed by atoms with van der Waals surface area (Å²) in [6.45, 7) is 0. The van der Waals surface area contributed by atoms with Crippen LogP contribution in [-0.2, 0) is 36.7 Å². The zero-order valence-electron chi connectivity index (χ0n) is 16.5. The molecule has 0 spiro atoms. The van der Waals surface area contributed by atoms with E-state index in [1.165, 1.54) is 11.7 Å². The van der Waals surface area contributed by atoms with Crippen molar-refractivity contribution in [3.8, 4) is 0 Å². The van der Waals surface area contributed by atoms with Gasteiger partial charge in [-0.3, -0.25) is 9.69 Å². The molecule has 3 rings (SSSR count). The first-order chi connectivity index (χ1) is 15.8. The Balaban J connectivity index is 2.04. The Bertz CT molecular complexity index is 1260. The number of aromatic nitrogens is 4. The van der Waals surface area contributed by atoms with Crippen molar-refractivity contribution < 1.29 is 57.9 Å². The molecule has 23 heteroatoms. The molecule has 2 atom stereocenters. The lowest BCUT2D eigenvalue weighted by Gasteiger charge is -2.51. The van der Waals surface area contributed by atoms with Crippen molar-refractivity contribution in [3.05, 3.63) is 11.3 Å². The van der Waals surface area contributed by atoms with Crippen molar-refractivity contribution in [1.82, 2.24) is 28.8 Å². The molecule has 0 radical (unpaired) electrons. The van der Waals surface area contributed by atoms with E-state index in [0.29, 0.717) is 11.8 Å². The number of carboxylic acid groups (broad SMARTS) is 1. The topological polar surface area (TPSA) is 173 Å². The molecule has 1 aromatic heterocycles. The van der Waals surface area contributed by atoms with Gasteiger partial charge < -0.3 is 5.11 Å². The van der Waals surface area contributed by atoms with E-state index in [4.69, 9.17) is 0 Å². The summed E-state index contributed by atoms with van der Waals surface area (Å²) in [5.41, 5.74) is -13.9. The summed E-state index contributed by atoms with van der Waals surface area (Å²) in [6.07, 6.45) is 0. The molecule has 3 heterocycles. The Kier molecular flexibility index (Phi) is 6.89. The van der Waals surface area contributed by atoms with Gasteiger partial charge >= 0.3 is 37.0 Å². The van der Waals surface area contributed by atoms with Gasteiger partial charge in [-0.25, -0.2) is 26.3 Å². The molecule has 0 saturated carbocycles. The number of nitrogens with zero attached hydrogens (tertiary/aromatic N) is 6. The Morgan fingerprint density at radius 1 is 1.17 bits per heavy atom. The lowest BCUT2D eigenvalue weighted by molar-refractivity contribution is -0.151. The highest BCUT2D eigenvalue weighted by molar-refractivity contribution is 8.05. The molecule has 1 aromatic rings. The average Bonchev–Trinajstić information content (AvgIpc) is 3.11. The number of aliphatic carboxylic acids is 1. The van der Waals surface area contributed by atoms with E-state index in [9.17, 15) is 57.9 Å². The first-order valence-corrected chi connectivity index (χ1v) is 13.4. The maximum Gasteiger partial charge on any atom is 0.512 e. The van der Waals surface area contributed by atoms with Crippen molar-refractivity contribution in [2.45, 2.75) is 27.6 Å². The standard InChI is InChI=1S/C12H10F6N6O7S4/c1-22-10(19-20-21-22)33-3-4-2-32-8-6(7(25)23(8)5(4)9(26)27)24(34(28,29)11(13,14)15)35(30,31)12(16,17)18/h6,8H,2-3H2,1H3,(H,26,27)/t6?,8-/m0/s1. The van der Waals surface area contributed by atoms with E-state index in [0.717, 1.165) is 11.8 Å². The molecule has 1 N–H and O–H groups in total. The molecule has 1 unspecified atom stereocenters. The number of β-lactam (4-membered cyclic amide) rings is 1. The van der Waals surface area contributed by atoms with Gasteiger partial charge in [0.2, 0.25) is 5.16 Å². The Labute approximate surface area is 199 Å². The molecule has 1 fully saturated rings. The number of sulfonamides is 2. The molecular weight excluding hydrogens is 582 g/mol. The summed E-state index contributed by atoms with van der Waals surface area (Å²) in [4.78, 5) is 24.6. The van der Waals surface area contributed by atoms with Crippen molar-refractivity contribution in [2.24, 2.45) is 7.05 Å². The summed E-state index contributed by atoms with van der Waals surface area (Å²) in [6, 6.07) is -3.02. The second-order valence-corrected chi connectivity index (χ2v) is 12.5. The van der Waals surface area contributed by atoms with Gasteiger partial charge in [-0.1, -0.05) is 15.5 Å². The van der Waals surface area contributed by atoms with Crippen LogP contribution in [0.15, 0.2) is 16.4 Å². The minimum Gasteiger partial charge on any atom is -0.477 e. The molecule has 196 valence electrons. The predicted molar refractivity (Wildman–Crippen MR) is 103 cm³/mol. The highest BCUT2D eigenvalue weighted by Crippen LogP contribution is 2.48. The number of carboxylic acids is 1. The van der Waals surface area contributed by atoms with Gasteiger partial charge in [-0.2, -0.15) is 26.3 Å². The number of aryl methyl sites for hydroxylation is 1. The van der Waals surface area contributed by atoms with Crippen molar-refractivity contribution >= 4 is 55.4 Å². The van der Waals surface area contributed by atoms with Crippen molar-refractivity contribution in [2.75, 3.05) is 11.5 Å². The van der Waals surface area contributed by atoms with E-state index in [2.05, 4.69) is 15.5 Å². The number of hydrogen-bond donors (Lipinski definition) is 1. The molecule has 35 heavy (non-hydrogen) atoms. The summed E-state index contributed by atoms with van der Waals surface area (Å²) >= 11 is 1.27. The summed E-state index contributed by atoms with van der Waals surface area (Å²) in [5.74, 6) is -4.30. The van der Waals surface area contributed by atoms with Gasteiger partial charge in [0.15, 0.2) is 6.04 Å². The first-order valence-electron chi connectivity index (χ1n) is 8.51. The third kappa shape index (κ3) is 4.46. The third-order valence-electron chi connectivity index (χ3n) is 4.46. The number of carbonyl (C=O) groups excluding carboxylic acids is 1. The molecule has 2 aliphatic rings. The normalized spacial score (nSPS) is 21.8. The van der Waals surface area contributed by atoms with Crippen LogP contribution in [0, 0.1) is 0 Å². The molecule has 2 aliphatic heterocycles. The number of rotatable bonds is 7. The number of fused-ring (bicyclic) bond motifs is 1. The Morgan fingerprint density at radius 3 is 2.14 bits per heavy atom. The van der Waals surface area contributed by atoms with Gasteiger partial charge in [-0.05, 0) is 16.0 Å². The second kappa shape index (κ2) is 8.77. The highest BCUT2D eigenvalue weighted by atomic mass is 32.3. The quantitative estimate of drug-likeness (QED) is 0.254. The minimum absolute atomic E-state index is 0.0255. The lowest BCUT2D eigenvalue weighted by atomic mass is 10.0.